The van der Waals surface area contributed by atoms with Gasteiger partial charge in [0.1, 0.15) is 0 Å². The first-order valence-electron chi connectivity index (χ1n) is 11.6. The maximum atomic E-state index is 11.2. The molecule has 154 valence electrons. The summed E-state index contributed by atoms with van der Waals surface area (Å²) in [5, 5.41) is 9.20. The van der Waals surface area contributed by atoms with Gasteiger partial charge in [-0.15, -0.1) is 0 Å². The number of hydrogen-bond donors (Lipinski definition) is 1. The summed E-state index contributed by atoms with van der Waals surface area (Å²) in [4.78, 5) is 11.2. The highest BCUT2D eigenvalue weighted by Crippen LogP contribution is 2.16. The van der Waals surface area contributed by atoms with Gasteiger partial charge in [0.2, 0.25) is 0 Å². The van der Waals surface area contributed by atoms with Crippen LogP contribution in [-0.4, -0.2) is 11.1 Å². The van der Waals surface area contributed by atoms with Crippen molar-refractivity contribution in [3.63, 3.8) is 0 Å². The lowest BCUT2D eigenvalue weighted by atomic mass is 10.00. The summed E-state index contributed by atoms with van der Waals surface area (Å²) in [6.07, 6.45) is 22.8. The second kappa shape index (κ2) is 16.8. The summed E-state index contributed by atoms with van der Waals surface area (Å²) in [6.45, 7) is 2.28. The molecule has 2 heteroatoms. The molecule has 0 atom stereocenters. The van der Waals surface area contributed by atoms with Crippen LogP contribution in [0.4, 0.5) is 0 Å². The van der Waals surface area contributed by atoms with Crippen molar-refractivity contribution in [3.8, 4) is 0 Å². The number of unbranched alkanes of at least 4 members (excludes halogenated alkanes) is 15. The van der Waals surface area contributed by atoms with Gasteiger partial charge >= 0.3 is 5.97 Å². The fourth-order valence-corrected chi connectivity index (χ4v) is 3.81. The Bertz CT molecular complexity index is 481. The van der Waals surface area contributed by atoms with E-state index in [-0.39, 0.29) is 0 Å². The number of aryl methyl sites for hydroxylation is 1. The number of benzene rings is 1. The monoisotopic (exact) mass is 374 g/mol. The predicted octanol–water partition coefficient (Wildman–Crippen LogP) is 8.19. The van der Waals surface area contributed by atoms with E-state index in [0.29, 0.717) is 5.56 Å². The molecule has 0 unspecified atom stereocenters. The molecule has 0 radical (unpaired) electrons. The Hall–Kier alpha value is -1.31. The summed E-state index contributed by atoms with van der Waals surface area (Å²) >= 11 is 0. The molecule has 0 bridgehead atoms. The third-order valence-electron chi connectivity index (χ3n) is 5.55. The van der Waals surface area contributed by atoms with E-state index in [9.17, 15) is 9.90 Å². The zero-order chi connectivity index (χ0) is 19.6. The average molecular weight is 375 g/mol. The smallest absolute Gasteiger partial charge is 0.335 e. The molecule has 1 rings (SSSR count). The molecule has 0 aliphatic rings. The van der Waals surface area contributed by atoms with Crippen molar-refractivity contribution >= 4 is 5.97 Å². The highest BCUT2D eigenvalue weighted by atomic mass is 16.4. The van der Waals surface area contributed by atoms with Crippen LogP contribution < -0.4 is 0 Å². The van der Waals surface area contributed by atoms with Gasteiger partial charge in [-0.2, -0.15) is 0 Å². The Labute approximate surface area is 167 Å². The quantitative estimate of drug-likeness (QED) is 0.263. The Kier molecular flexibility index (Phi) is 14.8. The van der Waals surface area contributed by atoms with Gasteiger partial charge in [0.25, 0.3) is 0 Å². The summed E-state index contributed by atoms with van der Waals surface area (Å²) in [6, 6.07) is 7.41. The van der Waals surface area contributed by atoms with Gasteiger partial charge in [-0.3, -0.25) is 0 Å². The maximum Gasteiger partial charge on any atom is 0.335 e. The summed E-state index contributed by atoms with van der Waals surface area (Å²) in [7, 11) is 0. The normalized spacial score (nSPS) is 11.0. The topological polar surface area (TPSA) is 37.3 Å². The first kappa shape index (κ1) is 23.7. The Balaban J connectivity index is 1.85. The van der Waals surface area contributed by atoms with Crippen LogP contribution in [0.5, 0.6) is 0 Å². The van der Waals surface area contributed by atoms with Crippen molar-refractivity contribution in [3.05, 3.63) is 35.4 Å². The molecule has 0 aromatic heterocycles. The molecule has 0 saturated heterocycles. The lowest BCUT2D eigenvalue weighted by molar-refractivity contribution is 0.0695. The van der Waals surface area contributed by atoms with Crippen LogP contribution >= 0.6 is 0 Å². The molecule has 1 N–H and O–H groups in total. The minimum atomic E-state index is -0.804. The molecular weight excluding hydrogens is 332 g/mol. The van der Waals surface area contributed by atoms with E-state index in [2.05, 4.69) is 6.92 Å². The van der Waals surface area contributed by atoms with E-state index in [1.165, 1.54) is 96.3 Å². The molecule has 27 heavy (non-hydrogen) atoms. The number of rotatable bonds is 18. The number of carbonyl (C=O) groups is 1. The minimum Gasteiger partial charge on any atom is -0.478 e. The van der Waals surface area contributed by atoms with Gasteiger partial charge in [-0.25, -0.2) is 4.79 Å². The number of aromatic carboxylic acids is 1. The largest absolute Gasteiger partial charge is 0.478 e. The number of carboxylic acids is 1. The van der Waals surface area contributed by atoms with Crippen LogP contribution in [0.2, 0.25) is 0 Å². The van der Waals surface area contributed by atoms with E-state index >= 15 is 0 Å². The molecule has 0 aliphatic carbocycles. The molecular formula is C25H42O2. The van der Waals surface area contributed by atoms with Crippen LogP contribution in [0.25, 0.3) is 0 Å². The first-order chi connectivity index (χ1) is 13.3. The van der Waals surface area contributed by atoms with Crippen molar-refractivity contribution in [2.75, 3.05) is 0 Å². The Morgan fingerprint density at radius 3 is 1.52 bits per heavy atom. The standard InChI is InChI=1S/C25H42O2/c1-2-3-4-5-6-7-8-9-10-11-12-13-14-15-16-17-20-23-21-18-19-22-24(23)25(26)27/h18-19,21-22H,2-17,20H2,1H3,(H,26,27). The molecule has 0 saturated carbocycles. The summed E-state index contributed by atoms with van der Waals surface area (Å²) in [5.41, 5.74) is 1.45. The maximum absolute atomic E-state index is 11.2. The van der Waals surface area contributed by atoms with Crippen molar-refractivity contribution < 1.29 is 9.90 Å². The fraction of sp³-hybridized carbons (Fsp3) is 0.720. The van der Waals surface area contributed by atoms with E-state index in [1.54, 1.807) is 12.1 Å². The molecule has 0 aliphatic heterocycles. The van der Waals surface area contributed by atoms with Gasteiger partial charge in [-0.1, -0.05) is 121 Å². The van der Waals surface area contributed by atoms with Gasteiger partial charge in [0.05, 0.1) is 5.56 Å². The first-order valence-corrected chi connectivity index (χ1v) is 11.6. The van der Waals surface area contributed by atoms with Gasteiger partial charge in [0.15, 0.2) is 0 Å². The highest BCUT2D eigenvalue weighted by molar-refractivity contribution is 5.89. The highest BCUT2D eigenvalue weighted by Gasteiger charge is 2.07. The van der Waals surface area contributed by atoms with Crippen LogP contribution in [-0.2, 0) is 6.42 Å². The molecule has 0 fully saturated rings. The zero-order valence-electron chi connectivity index (χ0n) is 17.7. The van der Waals surface area contributed by atoms with E-state index in [0.717, 1.165) is 18.4 Å². The number of carboxylic acid groups (broad SMARTS) is 1. The minimum absolute atomic E-state index is 0.471. The Morgan fingerprint density at radius 2 is 1.07 bits per heavy atom. The van der Waals surface area contributed by atoms with Gasteiger partial charge in [-0.05, 0) is 24.5 Å². The van der Waals surface area contributed by atoms with Crippen LogP contribution in [0, 0.1) is 0 Å². The van der Waals surface area contributed by atoms with Crippen molar-refractivity contribution in [2.24, 2.45) is 0 Å². The van der Waals surface area contributed by atoms with Gasteiger partial charge in [0, 0.05) is 0 Å². The summed E-state index contributed by atoms with van der Waals surface area (Å²) < 4.78 is 0. The van der Waals surface area contributed by atoms with Crippen LogP contribution in [0.3, 0.4) is 0 Å². The lowest BCUT2D eigenvalue weighted by Crippen LogP contribution is -2.02. The van der Waals surface area contributed by atoms with E-state index < -0.39 is 5.97 Å². The molecule has 0 spiro atoms. The molecule has 1 aromatic rings. The molecule has 0 amide bonds. The summed E-state index contributed by atoms with van der Waals surface area (Å²) in [5.74, 6) is -0.804. The van der Waals surface area contributed by atoms with Crippen LogP contribution in [0.1, 0.15) is 126 Å². The Morgan fingerprint density at radius 1 is 0.667 bits per heavy atom. The fourth-order valence-electron chi connectivity index (χ4n) is 3.81. The average Bonchev–Trinajstić information content (AvgIpc) is 2.68. The predicted molar refractivity (Wildman–Crippen MR) is 117 cm³/mol. The third kappa shape index (κ3) is 12.7. The van der Waals surface area contributed by atoms with Crippen molar-refractivity contribution in [1.82, 2.24) is 0 Å². The lowest BCUT2D eigenvalue weighted by Gasteiger charge is -2.06. The van der Waals surface area contributed by atoms with E-state index in [1.807, 2.05) is 12.1 Å². The van der Waals surface area contributed by atoms with Crippen molar-refractivity contribution in [2.45, 2.75) is 116 Å². The third-order valence-corrected chi connectivity index (χ3v) is 5.55. The van der Waals surface area contributed by atoms with E-state index in [4.69, 9.17) is 0 Å². The van der Waals surface area contributed by atoms with Crippen LogP contribution in [0.15, 0.2) is 24.3 Å². The van der Waals surface area contributed by atoms with Gasteiger partial charge < -0.3 is 5.11 Å². The van der Waals surface area contributed by atoms with Crippen molar-refractivity contribution in [1.29, 1.82) is 0 Å². The molecule has 1 aromatic carbocycles. The number of hydrogen-bond acceptors (Lipinski definition) is 1. The molecule has 2 nitrogen and oxygen atoms in total. The SMILES string of the molecule is CCCCCCCCCCCCCCCCCCc1ccccc1C(=O)O. The zero-order valence-corrected chi connectivity index (χ0v) is 17.7. The second-order valence-corrected chi connectivity index (χ2v) is 8.02. The molecule has 0 heterocycles. The second-order valence-electron chi connectivity index (χ2n) is 8.02.